The van der Waals surface area contributed by atoms with Gasteiger partial charge in [-0.15, -0.1) is 0 Å². The van der Waals surface area contributed by atoms with Gasteiger partial charge in [-0.2, -0.15) is 0 Å². The van der Waals surface area contributed by atoms with Crippen molar-refractivity contribution in [2.45, 2.75) is 70.8 Å². The van der Waals surface area contributed by atoms with Crippen molar-refractivity contribution in [3.05, 3.63) is 12.2 Å². The number of imidazole rings is 1. The van der Waals surface area contributed by atoms with Crippen LogP contribution < -0.4 is 10.2 Å². The number of rotatable bonds is 6. The summed E-state index contributed by atoms with van der Waals surface area (Å²) in [6.07, 6.45) is 13.3. The maximum atomic E-state index is 12.9. The van der Waals surface area contributed by atoms with E-state index in [0.717, 1.165) is 74.7 Å². The molecular formula is C24H37N7O. The van der Waals surface area contributed by atoms with Crippen molar-refractivity contribution in [1.82, 2.24) is 29.7 Å². The Kier molecular flexibility index (Phi) is 6.86. The summed E-state index contributed by atoms with van der Waals surface area (Å²) in [5, 5.41) is 3.20. The first-order valence-corrected chi connectivity index (χ1v) is 12.7. The van der Waals surface area contributed by atoms with E-state index in [0.29, 0.717) is 6.54 Å². The largest absolute Gasteiger partial charge is 0.356 e. The zero-order chi connectivity index (χ0) is 21.8. The Hall–Kier alpha value is -2.22. The van der Waals surface area contributed by atoms with Gasteiger partial charge in [0.25, 0.3) is 0 Å². The molecule has 8 heteroatoms. The number of likely N-dealkylation sites (tertiary alicyclic amines) is 1. The number of nitrogens with zero attached hydrogens (tertiary/aromatic N) is 6. The number of carbonyl (C=O) groups is 1. The second kappa shape index (κ2) is 10.1. The summed E-state index contributed by atoms with van der Waals surface area (Å²) in [5.41, 5.74) is 1.86. The number of hydrogen-bond donors (Lipinski definition) is 1. The molecule has 3 aliphatic heterocycles. The van der Waals surface area contributed by atoms with Crippen molar-refractivity contribution in [2.75, 3.05) is 44.2 Å². The summed E-state index contributed by atoms with van der Waals surface area (Å²) in [4.78, 5) is 31.8. The summed E-state index contributed by atoms with van der Waals surface area (Å²) in [6.45, 7) is 6.94. The average molecular weight is 440 g/mol. The number of amides is 1. The zero-order valence-corrected chi connectivity index (χ0v) is 19.3. The van der Waals surface area contributed by atoms with E-state index in [-0.39, 0.29) is 11.8 Å². The van der Waals surface area contributed by atoms with Gasteiger partial charge < -0.3 is 19.7 Å². The number of aromatic nitrogens is 4. The molecule has 0 spiro atoms. The smallest absolute Gasteiger partial charge is 0.224 e. The second-order valence-corrected chi connectivity index (χ2v) is 9.69. The second-order valence-electron chi connectivity index (χ2n) is 9.69. The molecule has 0 radical (unpaired) electrons. The highest BCUT2D eigenvalue weighted by molar-refractivity contribution is 5.85. The molecular weight excluding hydrogens is 402 g/mol. The summed E-state index contributed by atoms with van der Waals surface area (Å²) in [7, 11) is 0. The minimum Gasteiger partial charge on any atom is -0.356 e. The van der Waals surface area contributed by atoms with E-state index in [9.17, 15) is 4.79 Å². The minimum atomic E-state index is 0.0178. The first-order valence-electron chi connectivity index (χ1n) is 12.7. The van der Waals surface area contributed by atoms with Gasteiger partial charge in [0.05, 0.1) is 5.92 Å². The van der Waals surface area contributed by atoms with E-state index in [2.05, 4.69) is 29.7 Å². The molecule has 8 nitrogen and oxygen atoms in total. The summed E-state index contributed by atoms with van der Waals surface area (Å²) >= 11 is 0. The lowest BCUT2D eigenvalue weighted by atomic mass is 9.97. The van der Waals surface area contributed by atoms with E-state index >= 15 is 0 Å². The molecule has 1 amide bonds. The van der Waals surface area contributed by atoms with E-state index in [1.54, 1.807) is 6.33 Å². The van der Waals surface area contributed by atoms with Crippen molar-refractivity contribution in [3.8, 4) is 0 Å². The molecule has 5 heterocycles. The molecule has 3 aliphatic rings. The highest BCUT2D eigenvalue weighted by Gasteiger charge is 2.29. The third kappa shape index (κ3) is 4.75. The summed E-state index contributed by atoms with van der Waals surface area (Å²) < 4.78 is 2.28. The van der Waals surface area contributed by atoms with Gasteiger partial charge in [-0.3, -0.25) is 4.79 Å². The number of anilines is 1. The highest BCUT2D eigenvalue weighted by Crippen LogP contribution is 2.29. The van der Waals surface area contributed by atoms with Crippen LogP contribution >= 0.6 is 0 Å². The van der Waals surface area contributed by atoms with Crippen molar-refractivity contribution in [2.24, 2.45) is 5.92 Å². The third-order valence-electron chi connectivity index (χ3n) is 7.36. The van der Waals surface area contributed by atoms with E-state index in [4.69, 9.17) is 4.98 Å². The number of fused-ring (bicyclic) bond motifs is 3. The van der Waals surface area contributed by atoms with Crippen LogP contribution in [0.1, 0.15) is 63.6 Å². The predicted octanol–water partition coefficient (Wildman–Crippen LogP) is 2.76. The van der Waals surface area contributed by atoms with Crippen LogP contribution in [0.15, 0.2) is 6.33 Å². The van der Waals surface area contributed by atoms with Gasteiger partial charge in [0.1, 0.15) is 12.2 Å². The molecule has 0 bridgehead atoms. The quantitative estimate of drug-likeness (QED) is 0.698. The number of hydrogen-bond acceptors (Lipinski definition) is 6. The lowest BCUT2D eigenvalue weighted by molar-refractivity contribution is -0.125. The molecule has 174 valence electrons. The van der Waals surface area contributed by atoms with Gasteiger partial charge in [-0.1, -0.05) is 12.8 Å². The van der Waals surface area contributed by atoms with Crippen molar-refractivity contribution >= 4 is 22.9 Å². The van der Waals surface area contributed by atoms with E-state index < -0.39 is 0 Å². The summed E-state index contributed by atoms with van der Waals surface area (Å²) in [5.74, 6) is 2.25. The molecule has 2 aromatic heterocycles. The molecule has 32 heavy (non-hydrogen) atoms. The van der Waals surface area contributed by atoms with Gasteiger partial charge in [0.15, 0.2) is 17.0 Å². The van der Waals surface area contributed by atoms with Crippen LogP contribution in [0.5, 0.6) is 0 Å². The Labute approximate surface area is 190 Å². The highest BCUT2D eigenvalue weighted by atomic mass is 16.1. The fourth-order valence-corrected chi connectivity index (χ4v) is 5.58. The van der Waals surface area contributed by atoms with Crippen LogP contribution in [0.25, 0.3) is 11.2 Å². The van der Waals surface area contributed by atoms with Gasteiger partial charge in [-0.25, -0.2) is 15.0 Å². The Morgan fingerprint density at radius 1 is 1.00 bits per heavy atom. The number of aryl methyl sites for hydroxylation is 2. The van der Waals surface area contributed by atoms with Crippen LogP contribution in [0.3, 0.4) is 0 Å². The Morgan fingerprint density at radius 2 is 1.84 bits per heavy atom. The maximum Gasteiger partial charge on any atom is 0.224 e. The molecule has 0 aromatic carbocycles. The minimum absolute atomic E-state index is 0.0178. The Morgan fingerprint density at radius 3 is 2.75 bits per heavy atom. The molecule has 1 atom stereocenters. The van der Waals surface area contributed by atoms with Gasteiger partial charge in [0, 0.05) is 32.6 Å². The van der Waals surface area contributed by atoms with Gasteiger partial charge in [0.2, 0.25) is 5.91 Å². The Balaban J connectivity index is 1.20. The van der Waals surface area contributed by atoms with Crippen LogP contribution in [-0.2, 0) is 17.8 Å². The van der Waals surface area contributed by atoms with E-state index in [1.165, 1.54) is 51.6 Å². The zero-order valence-electron chi connectivity index (χ0n) is 19.3. The van der Waals surface area contributed by atoms with E-state index in [1.807, 2.05) is 0 Å². The number of nitrogens with one attached hydrogen (secondary N) is 1. The summed E-state index contributed by atoms with van der Waals surface area (Å²) in [6, 6.07) is 0. The molecule has 2 saturated heterocycles. The molecule has 2 fully saturated rings. The number of piperidine rings is 2. The third-order valence-corrected chi connectivity index (χ3v) is 7.36. The predicted molar refractivity (Wildman–Crippen MR) is 126 cm³/mol. The molecule has 1 N–H and O–H groups in total. The molecule has 0 unspecified atom stereocenters. The lowest BCUT2D eigenvalue weighted by Gasteiger charge is -2.33. The molecule has 0 aliphatic carbocycles. The molecule has 5 rings (SSSR count). The van der Waals surface area contributed by atoms with Crippen molar-refractivity contribution in [1.29, 1.82) is 0 Å². The monoisotopic (exact) mass is 439 g/mol. The standard InChI is InChI=1S/C24H37N7O/c32-24(25-11-8-14-29-12-4-2-5-13-29)19-9-7-15-30(17-19)22-21-23(27-18-26-22)31-16-6-1-3-10-20(31)28-21/h18-19H,1-17H2,(H,25,32)/t19-/m1/s1. The van der Waals surface area contributed by atoms with Crippen molar-refractivity contribution in [3.63, 3.8) is 0 Å². The number of carbonyl (C=O) groups excluding carboxylic acids is 1. The Bertz CT molecular complexity index is 920. The maximum absolute atomic E-state index is 12.9. The fraction of sp³-hybridized carbons (Fsp3) is 0.750. The normalized spacial score (nSPS) is 22.5. The first kappa shape index (κ1) is 21.6. The lowest BCUT2D eigenvalue weighted by Crippen LogP contribution is -2.44. The average Bonchev–Trinajstić information content (AvgIpc) is 3.03. The SMILES string of the molecule is O=C(NCCCN1CCCCC1)[C@@H]1CCCN(c2ncnc3c2nc2n3CCCCC2)C1. The van der Waals surface area contributed by atoms with Crippen LogP contribution in [0.2, 0.25) is 0 Å². The molecule has 0 saturated carbocycles. The van der Waals surface area contributed by atoms with Crippen LogP contribution in [0, 0.1) is 5.92 Å². The van der Waals surface area contributed by atoms with Gasteiger partial charge >= 0.3 is 0 Å². The van der Waals surface area contributed by atoms with Gasteiger partial charge in [-0.05, 0) is 64.6 Å². The molecule has 2 aromatic rings. The van der Waals surface area contributed by atoms with Crippen molar-refractivity contribution < 1.29 is 4.79 Å². The first-order chi connectivity index (χ1) is 15.8. The topological polar surface area (TPSA) is 79.2 Å². The van der Waals surface area contributed by atoms with Crippen LogP contribution in [-0.4, -0.2) is 69.6 Å². The fourth-order valence-electron chi connectivity index (χ4n) is 5.58. The van der Waals surface area contributed by atoms with Crippen LogP contribution in [0.4, 0.5) is 5.82 Å².